The minimum absolute atomic E-state index is 0.0417. The van der Waals surface area contributed by atoms with Gasteiger partial charge in [0.15, 0.2) is 0 Å². The fraction of sp³-hybridized carbons (Fsp3) is 0.217. The maximum Gasteiger partial charge on any atom is 0.264 e. The van der Waals surface area contributed by atoms with Crippen molar-refractivity contribution in [1.29, 1.82) is 0 Å². The lowest BCUT2D eigenvalue weighted by Crippen LogP contribution is -2.39. The topological polar surface area (TPSA) is 42.3 Å². The fourth-order valence-electron chi connectivity index (χ4n) is 3.72. The molecule has 1 aliphatic rings. The zero-order chi connectivity index (χ0) is 19.0. The zero-order valence-corrected chi connectivity index (χ0v) is 15.6. The average Bonchev–Trinajstić information content (AvgIpc) is 3.00. The van der Waals surface area contributed by atoms with E-state index < -0.39 is 0 Å². The van der Waals surface area contributed by atoms with Crippen LogP contribution in [0.5, 0.6) is 0 Å². The van der Waals surface area contributed by atoms with E-state index in [0.29, 0.717) is 6.54 Å². The van der Waals surface area contributed by atoms with Crippen LogP contribution < -0.4 is 10.5 Å². The van der Waals surface area contributed by atoms with Crippen LogP contribution in [-0.4, -0.2) is 16.5 Å². The number of benzene rings is 2. The minimum atomic E-state index is -0.250. The third-order valence-corrected chi connectivity index (χ3v) is 5.15. The van der Waals surface area contributed by atoms with E-state index in [1.54, 1.807) is 27.8 Å². The van der Waals surface area contributed by atoms with Crippen molar-refractivity contribution in [1.82, 2.24) is 4.57 Å². The molecule has 0 bridgehead atoms. The number of pyridine rings is 1. The number of rotatable bonds is 3. The number of nitrogens with zero attached hydrogens (tertiary/aromatic N) is 2. The molecule has 2 aromatic carbocycles. The normalized spacial score (nSPS) is 15.6. The van der Waals surface area contributed by atoms with Gasteiger partial charge in [-0.25, -0.2) is 0 Å². The SMILES string of the molecule is Cc1ccc(Cn2cccc(C(=O)N3c4ccccc4C[C@@H]3C)c2=O)cc1. The molecule has 0 N–H and O–H groups in total. The molecule has 0 saturated heterocycles. The quantitative estimate of drug-likeness (QED) is 0.715. The summed E-state index contributed by atoms with van der Waals surface area (Å²) in [5.74, 6) is -0.226. The summed E-state index contributed by atoms with van der Waals surface area (Å²) in [4.78, 5) is 27.9. The maximum absolute atomic E-state index is 13.2. The molecule has 2 heterocycles. The highest BCUT2D eigenvalue weighted by atomic mass is 16.2. The smallest absolute Gasteiger partial charge is 0.264 e. The number of aromatic nitrogens is 1. The number of aryl methyl sites for hydroxylation is 1. The van der Waals surface area contributed by atoms with Crippen molar-refractivity contribution in [2.24, 2.45) is 0 Å². The number of carbonyl (C=O) groups is 1. The zero-order valence-electron chi connectivity index (χ0n) is 15.6. The molecule has 0 radical (unpaired) electrons. The molecule has 4 rings (SSSR count). The van der Waals surface area contributed by atoms with Crippen LogP contribution in [0.4, 0.5) is 5.69 Å². The van der Waals surface area contributed by atoms with Crippen LogP contribution in [0.25, 0.3) is 0 Å². The summed E-state index contributed by atoms with van der Waals surface area (Å²) >= 11 is 0. The van der Waals surface area contributed by atoms with Crippen molar-refractivity contribution in [3.05, 3.63) is 99.5 Å². The number of para-hydroxylation sites is 1. The number of anilines is 1. The predicted octanol–water partition coefficient (Wildman–Crippen LogP) is 3.80. The Balaban J connectivity index is 1.67. The number of carbonyl (C=O) groups excluding carboxylic acids is 1. The highest BCUT2D eigenvalue weighted by molar-refractivity contribution is 6.07. The molecular formula is C23H22N2O2. The lowest BCUT2D eigenvalue weighted by atomic mass is 10.1. The second-order valence-electron chi connectivity index (χ2n) is 7.20. The molecule has 0 fully saturated rings. The van der Waals surface area contributed by atoms with Crippen LogP contribution >= 0.6 is 0 Å². The Morgan fingerprint density at radius 2 is 1.78 bits per heavy atom. The Morgan fingerprint density at radius 1 is 1.04 bits per heavy atom. The largest absolute Gasteiger partial charge is 0.310 e. The Bertz CT molecular complexity index is 1050. The van der Waals surface area contributed by atoms with E-state index in [1.807, 2.05) is 62.4 Å². The number of hydrogen-bond donors (Lipinski definition) is 0. The van der Waals surface area contributed by atoms with Gasteiger partial charge in [-0.15, -0.1) is 0 Å². The molecule has 136 valence electrons. The summed E-state index contributed by atoms with van der Waals surface area (Å²) in [5.41, 5.74) is 4.23. The van der Waals surface area contributed by atoms with Gasteiger partial charge in [0, 0.05) is 17.9 Å². The lowest BCUT2D eigenvalue weighted by Gasteiger charge is -2.22. The monoisotopic (exact) mass is 358 g/mol. The summed E-state index contributed by atoms with van der Waals surface area (Å²) in [7, 11) is 0. The van der Waals surface area contributed by atoms with Gasteiger partial charge in [-0.3, -0.25) is 9.59 Å². The van der Waals surface area contributed by atoms with Crippen molar-refractivity contribution in [2.45, 2.75) is 32.9 Å². The van der Waals surface area contributed by atoms with Gasteiger partial charge in [0.05, 0.1) is 6.54 Å². The van der Waals surface area contributed by atoms with E-state index >= 15 is 0 Å². The van der Waals surface area contributed by atoms with E-state index in [0.717, 1.165) is 23.2 Å². The average molecular weight is 358 g/mol. The van der Waals surface area contributed by atoms with Crippen molar-refractivity contribution in [3.63, 3.8) is 0 Å². The third kappa shape index (κ3) is 3.19. The highest BCUT2D eigenvalue weighted by Crippen LogP contribution is 2.32. The molecule has 1 aromatic heterocycles. The van der Waals surface area contributed by atoms with Gasteiger partial charge in [-0.2, -0.15) is 0 Å². The summed E-state index contributed by atoms with van der Waals surface area (Å²) in [6, 6.07) is 19.4. The second-order valence-corrected chi connectivity index (χ2v) is 7.20. The van der Waals surface area contributed by atoms with Crippen molar-refractivity contribution in [3.8, 4) is 0 Å². The number of hydrogen-bond acceptors (Lipinski definition) is 2. The van der Waals surface area contributed by atoms with E-state index in [2.05, 4.69) is 0 Å². The van der Waals surface area contributed by atoms with Gasteiger partial charge in [0.25, 0.3) is 11.5 Å². The molecule has 1 amide bonds. The molecule has 0 saturated carbocycles. The number of amides is 1. The van der Waals surface area contributed by atoms with Crippen LogP contribution in [0.15, 0.2) is 71.7 Å². The van der Waals surface area contributed by atoms with Crippen LogP contribution in [-0.2, 0) is 13.0 Å². The van der Waals surface area contributed by atoms with Crippen LogP contribution in [0.1, 0.15) is 34.0 Å². The van der Waals surface area contributed by atoms with E-state index in [9.17, 15) is 9.59 Å². The van der Waals surface area contributed by atoms with Gasteiger partial charge in [-0.05, 0) is 49.6 Å². The van der Waals surface area contributed by atoms with Gasteiger partial charge in [0.2, 0.25) is 0 Å². The first kappa shape index (κ1) is 17.3. The predicted molar refractivity (Wildman–Crippen MR) is 107 cm³/mol. The molecular weight excluding hydrogens is 336 g/mol. The molecule has 27 heavy (non-hydrogen) atoms. The van der Waals surface area contributed by atoms with Crippen molar-refractivity contribution in [2.75, 3.05) is 4.90 Å². The lowest BCUT2D eigenvalue weighted by molar-refractivity contribution is 0.0979. The maximum atomic E-state index is 13.2. The van der Waals surface area contributed by atoms with Crippen molar-refractivity contribution >= 4 is 11.6 Å². The van der Waals surface area contributed by atoms with Gasteiger partial charge >= 0.3 is 0 Å². The van der Waals surface area contributed by atoms with E-state index in [4.69, 9.17) is 0 Å². The Kier molecular flexibility index (Phi) is 4.40. The first-order valence-corrected chi connectivity index (χ1v) is 9.21. The first-order chi connectivity index (χ1) is 13.0. The minimum Gasteiger partial charge on any atom is -0.310 e. The molecule has 4 heteroatoms. The Hall–Kier alpha value is -3.14. The molecule has 4 nitrogen and oxygen atoms in total. The van der Waals surface area contributed by atoms with Gasteiger partial charge in [0.1, 0.15) is 5.56 Å². The standard InChI is InChI=1S/C23H22N2O2/c1-16-9-11-18(12-10-16)15-24-13-5-7-20(22(24)26)23(27)25-17(2)14-19-6-3-4-8-21(19)25/h3-13,17H,14-15H2,1-2H3/t17-/m0/s1. The third-order valence-electron chi connectivity index (χ3n) is 5.15. The molecule has 1 aliphatic heterocycles. The summed E-state index contributed by atoms with van der Waals surface area (Å²) < 4.78 is 1.60. The van der Waals surface area contributed by atoms with Gasteiger partial charge in [-0.1, -0.05) is 48.0 Å². The Labute approximate surface area is 158 Å². The summed E-state index contributed by atoms with van der Waals surface area (Å²) in [6.45, 7) is 4.50. The van der Waals surface area contributed by atoms with Crippen molar-refractivity contribution < 1.29 is 4.79 Å². The van der Waals surface area contributed by atoms with Crippen LogP contribution in [0, 0.1) is 6.92 Å². The molecule has 1 atom stereocenters. The Morgan fingerprint density at radius 3 is 2.56 bits per heavy atom. The number of fused-ring (bicyclic) bond motifs is 1. The molecule has 0 spiro atoms. The first-order valence-electron chi connectivity index (χ1n) is 9.21. The van der Waals surface area contributed by atoms with Crippen LogP contribution in [0.3, 0.4) is 0 Å². The highest BCUT2D eigenvalue weighted by Gasteiger charge is 2.32. The second kappa shape index (κ2) is 6.88. The van der Waals surface area contributed by atoms with Crippen LogP contribution in [0.2, 0.25) is 0 Å². The fourth-order valence-corrected chi connectivity index (χ4v) is 3.72. The van der Waals surface area contributed by atoms with E-state index in [1.165, 1.54) is 5.56 Å². The summed E-state index contributed by atoms with van der Waals surface area (Å²) in [6.07, 6.45) is 2.55. The molecule has 0 unspecified atom stereocenters. The molecule has 3 aromatic rings. The summed E-state index contributed by atoms with van der Waals surface area (Å²) in [5, 5.41) is 0. The van der Waals surface area contributed by atoms with E-state index in [-0.39, 0.29) is 23.1 Å². The van der Waals surface area contributed by atoms with Gasteiger partial charge < -0.3 is 9.47 Å². The molecule has 0 aliphatic carbocycles.